The summed E-state index contributed by atoms with van der Waals surface area (Å²) in [6.07, 6.45) is -1.62. The van der Waals surface area contributed by atoms with Gasteiger partial charge >= 0.3 is 12.0 Å². The van der Waals surface area contributed by atoms with Crippen molar-refractivity contribution in [1.82, 2.24) is 5.32 Å². The van der Waals surface area contributed by atoms with Crippen LogP contribution in [0.1, 0.15) is 6.42 Å². The van der Waals surface area contributed by atoms with Gasteiger partial charge in [-0.3, -0.25) is 0 Å². The number of carboxylic acid groups (broad SMARTS) is 1. The minimum Gasteiger partial charge on any atom is -0.479 e. The van der Waals surface area contributed by atoms with Gasteiger partial charge in [-0.2, -0.15) is 0 Å². The van der Waals surface area contributed by atoms with Crippen LogP contribution in [0.5, 0.6) is 0 Å². The normalized spacial score (nSPS) is 11.7. The Morgan fingerprint density at radius 2 is 2.11 bits per heavy atom. The summed E-state index contributed by atoms with van der Waals surface area (Å²) in [5, 5.41) is 22.2. The third kappa shape index (κ3) is 5.23. The maximum Gasteiger partial charge on any atom is 0.332 e. The lowest BCUT2D eigenvalue weighted by Gasteiger charge is -2.10. The van der Waals surface area contributed by atoms with Crippen LogP contribution in [0.25, 0.3) is 0 Å². The predicted octanol–water partition coefficient (Wildman–Crippen LogP) is 1.55. The highest BCUT2D eigenvalue weighted by Gasteiger charge is 2.13. The van der Waals surface area contributed by atoms with Crippen LogP contribution in [-0.4, -0.2) is 34.9 Å². The van der Waals surface area contributed by atoms with Crippen molar-refractivity contribution in [2.75, 3.05) is 11.9 Å². The molecule has 1 aromatic carbocycles. The summed E-state index contributed by atoms with van der Waals surface area (Å²) in [6.45, 7) is -0.00187. The number of carbonyl (C=O) groups is 2. The monoisotopic (exact) mass is 334 g/mol. The van der Waals surface area contributed by atoms with Crippen LogP contribution in [0, 0.1) is 5.82 Å². The van der Waals surface area contributed by atoms with Crippen LogP contribution in [-0.2, 0) is 4.79 Å². The Balaban J connectivity index is 2.41. The number of urea groups is 1. The van der Waals surface area contributed by atoms with E-state index in [9.17, 15) is 14.0 Å². The van der Waals surface area contributed by atoms with E-state index in [1.54, 1.807) is 0 Å². The molecule has 1 unspecified atom stereocenters. The molecule has 0 fully saturated rings. The summed E-state index contributed by atoms with van der Waals surface area (Å²) in [5.41, 5.74) is 0.373. The van der Waals surface area contributed by atoms with Gasteiger partial charge in [0.05, 0.1) is 5.69 Å². The number of hydrogen-bond donors (Lipinski definition) is 4. The third-order valence-corrected chi connectivity index (χ3v) is 2.82. The molecule has 0 heterocycles. The van der Waals surface area contributed by atoms with E-state index in [4.69, 9.17) is 10.2 Å². The Morgan fingerprint density at radius 3 is 2.68 bits per heavy atom. The Bertz CT molecular complexity index is 484. The summed E-state index contributed by atoms with van der Waals surface area (Å²) < 4.78 is 13.2. The van der Waals surface area contributed by atoms with E-state index in [1.165, 1.54) is 18.2 Å². The van der Waals surface area contributed by atoms with Gasteiger partial charge in [-0.15, -0.1) is 0 Å². The zero-order valence-electron chi connectivity index (χ0n) is 9.69. The molecule has 1 atom stereocenters. The van der Waals surface area contributed by atoms with E-state index in [0.717, 1.165) is 0 Å². The van der Waals surface area contributed by atoms with E-state index in [0.29, 0.717) is 10.2 Å². The summed E-state index contributed by atoms with van der Waals surface area (Å²) in [4.78, 5) is 21.8. The van der Waals surface area contributed by atoms with Gasteiger partial charge in [-0.1, -0.05) is 0 Å². The lowest BCUT2D eigenvalue weighted by Crippen LogP contribution is -2.33. The van der Waals surface area contributed by atoms with Gasteiger partial charge in [-0.25, -0.2) is 14.0 Å². The number of amides is 2. The van der Waals surface area contributed by atoms with Crippen molar-refractivity contribution in [3.8, 4) is 0 Å². The summed E-state index contributed by atoms with van der Waals surface area (Å²) in [6, 6.07) is 3.19. The van der Waals surface area contributed by atoms with Crippen molar-refractivity contribution < 1.29 is 24.2 Å². The molecule has 0 saturated carbocycles. The van der Waals surface area contributed by atoms with E-state index in [2.05, 4.69) is 26.6 Å². The zero-order valence-corrected chi connectivity index (χ0v) is 11.3. The first-order valence-corrected chi connectivity index (χ1v) is 6.10. The lowest BCUT2D eigenvalue weighted by molar-refractivity contribution is -0.146. The van der Waals surface area contributed by atoms with Crippen LogP contribution in [0.2, 0.25) is 0 Å². The summed E-state index contributed by atoms with van der Waals surface area (Å²) >= 11 is 3.09. The Kier molecular flexibility index (Phi) is 5.71. The number of rotatable bonds is 5. The number of halogens is 2. The maximum atomic E-state index is 12.8. The van der Waals surface area contributed by atoms with Gasteiger partial charge in [0.2, 0.25) is 0 Å². The first kappa shape index (κ1) is 15.4. The number of nitrogens with one attached hydrogen (secondary N) is 2. The topological polar surface area (TPSA) is 98.7 Å². The van der Waals surface area contributed by atoms with Crippen LogP contribution in [0.3, 0.4) is 0 Å². The number of benzene rings is 1. The van der Waals surface area contributed by atoms with E-state index in [1.807, 2.05) is 0 Å². The van der Waals surface area contributed by atoms with Gasteiger partial charge in [-0.05, 0) is 34.1 Å². The number of carbonyl (C=O) groups excluding carboxylic acids is 1. The number of anilines is 1. The first-order chi connectivity index (χ1) is 8.90. The fourth-order valence-electron chi connectivity index (χ4n) is 1.20. The van der Waals surface area contributed by atoms with E-state index < -0.39 is 23.9 Å². The smallest absolute Gasteiger partial charge is 0.332 e. The van der Waals surface area contributed by atoms with Gasteiger partial charge in [0, 0.05) is 17.4 Å². The molecule has 6 nitrogen and oxygen atoms in total. The second kappa shape index (κ2) is 7.05. The van der Waals surface area contributed by atoms with Crippen molar-refractivity contribution in [1.29, 1.82) is 0 Å². The molecule has 0 aliphatic heterocycles. The molecule has 0 saturated heterocycles. The predicted molar refractivity (Wildman–Crippen MR) is 69.4 cm³/mol. The Hall–Kier alpha value is -1.67. The van der Waals surface area contributed by atoms with Crippen LogP contribution in [0.15, 0.2) is 22.7 Å². The average Bonchev–Trinajstić information content (AvgIpc) is 2.32. The zero-order chi connectivity index (χ0) is 14.4. The summed E-state index contributed by atoms with van der Waals surface area (Å²) in [5.74, 6) is -1.79. The molecule has 2 amide bonds. The molecule has 0 bridgehead atoms. The first-order valence-electron chi connectivity index (χ1n) is 5.31. The minimum absolute atomic E-state index is 0.00187. The fraction of sp³-hybridized carbons (Fsp3) is 0.273. The second-order valence-electron chi connectivity index (χ2n) is 3.65. The molecule has 104 valence electrons. The highest BCUT2D eigenvalue weighted by Crippen LogP contribution is 2.22. The highest BCUT2D eigenvalue weighted by molar-refractivity contribution is 9.10. The molecular formula is C11H12BrFN2O4. The Morgan fingerprint density at radius 1 is 1.42 bits per heavy atom. The molecule has 0 aliphatic rings. The van der Waals surface area contributed by atoms with Crippen molar-refractivity contribution >= 4 is 33.6 Å². The highest BCUT2D eigenvalue weighted by atomic mass is 79.9. The molecule has 0 radical (unpaired) electrons. The van der Waals surface area contributed by atoms with Crippen LogP contribution < -0.4 is 10.6 Å². The average molecular weight is 335 g/mol. The van der Waals surface area contributed by atoms with Crippen molar-refractivity contribution in [3.05, 3.63) is 28.5 Å². The number of aliphatic hydroxyl groups excluding tert-OH is 1. The molecule has 8 heteroatoms. The fourth-order valence-corrected chi connectivity index (χ4v) is 1.65. The second-order valence-corrected chi connectivity index (χ2v) is 4.50. The molecular weight excluding hydrogens is 323 g/mol. The Labute approximate surface area is 116 Å². The molecule has 1 aromatic rings. The van der Waals surface area contributed by atoms with E-state index in [-0.39, 0.29) is 13.0 Å². The number of hydrogen-bond acceptors (Lipinski definition) is 3. The van der Waals surface area contributed by atoms with Crippen molar-refractivity contribution in [3.63, 3.8) is 0 Å². The van der Waals surface area contributed by atoms with Gasteiger partial charge in [0.1, 0.15) is 5.82 Å². The van der Waals surface area contributed by atoms with Crippen molar-refractivity contribution in [2.24, 2.45) is 0 Å². The van der Waals surface area contributed by atoms with Crippen molar-refractivity contribution in [2.45, 2.75) is 12.5 Å². The van der Waals surface area contributed by atoms with Gasteiger partial charge < -0.3 is 20.8 Å². The number of carboxylic acids is 1. The van der Waals surface area contributed by atoms with Crippen LogP contribution >= 0.6 is 15.9 Å². The SMILES string of the molecule is O=C(NCCC(O)C(=O)O)Nc1ccc(F)cc1Br. The standard InChI is InChI=1S/C11H12BrFN2O4/c12-7-5-6(13)1-2-8(7)15-11(19)14-4-3-9(16)10(17)18/h1-2,5,9,16H,3-4H2,(H,17,18)(H2,14,15,19). The molecule has 4 N–H and O–H groups in total. The summed E-state index contributed by atoms with van der Waals surface area (Å²) in [7, 11) is 0. The van der Waals surface area contributed by atoms with Crippen LogP contribution in [0.4, 0.5) is 14.9 Å². The van der Waals surface area contributed by atoms with Gasteiger partial charge in [0.25, 0.3) is 0 Å². The number of aliphatic carboxylic acids is 1. The minimum atomic E-state index is -1.52. The largest absolute Gasteiger partial charge is 0.479 e. The third-order valence-electron chi connectivity index (χ3n) is 2.17. The van der Waals surface area contributed by atoms with Gasteiger partial charge in [0.15, 0.2) is 6.10 Å². The number of aliphatic hydroxyl groups is 1. The van der Waals surface area contributed by atoms with E-state index >= 15 is 0 Å². The molecule has 19 heavy (non-hydrogen) atoms. The molecule has 1 rings (SSSR count). The molecule has 0 aliphatic carbocycles. The molecule has 0 spiro atoms. The lowest BCUT2D eigenvalue weighted by atomic mass is 10.2. The quantitative estimate of drug-likeness (QED) is 0.656. The molecule has 0 aromatic heterocycles. The maximum absolute atomic E-state index is 12.8.